The molecule has 104 valence electrons. The van der Waals surface area contributed by atoms with Gasteiger partial charge in [0.15, 0.2) is 11.6 Å². The molecular weight excluding hydrogens is 257 g/mol. The van der Waals surface area contributed by atoms with Gasteiger partial charge < -0.3 is 10.6 Å². The molecule has 0 bridgehead atoms. The number of hydrogen-bond acceptors (Lipinski definition) is 2. The first-order chi connectivity index (χ1) is 9.09. The van der Waals surface area contributed by atoms with Gasteiger partial charge in [0.05, 0.1) is 0 Å². The molecule has 0 saturated carbocycles. The van der Waals surface area contributed by atoms with Crippen molar-refractivity contribution in [2.45, 2.75) is 19.4 Å². The maximum atomic E-state index is 13.4. The summed E-state index contributed by atoms with van der Waals surface area (Å²) in [5.41, 5.74) is -0.442. The summed E-state index contributed by atoms with van der Waals surface area (Å²) >= 11 is 0. The Kier molecular flexibility index (Phi) is 4.42. The fraction of sp³-hybridized carbons (Fsp3) is 0.462. The Morgan fingerprint density at radius 3 is 2.53 bits per heavy atom. The summed E-state index contributed by atoms with van der Waals surface area (Å²) < 4.78 is 39.7. The van der Waals surface area contributed by atoms with Crippen LogP contribution in [0.5, 0.6) is 0 Å². The Hall–Kier alpha value is -1.56. The van der Waals surface area contributed by atoms with Crippen molar-refractivity contribution >= 4 is 5.91 Å². The standard InChI is InChI=1S/C13H15F3N2O/c14-10-1-2-11(15)12(16)9(10)7-18-13(19)8-3-5-17-6-4-8/h1-2,8,17H,3-7H2,(H,18,19). The normalized spacial score (nSPS) is 16.4. The third-order valence-electron chi connectivity index (χ3n) is 3.29. The Morgan fingerprint density at radius 1 is 1.21 bits per heavy atom. The Morgan fingerprint density at radius 2 is 1.84 bits per heavy atom. The smallest absolute Gasteiger partial charge is 0.223 e. The fourth-order valence-corrected chi connectivity index (χ4v) is 2.14. The van der Waals surface area contributed by atoms with E-state index < -0.39 is 23.0 Å². The molecule has 0 unspecified atom stereocenters. The number of benzene rings is 1. The third kappa shape index (κ3) is 3.26. The van der Waals surface area contributed by atoms with E-state index in [0.717, 1.165) is 25.2 Å². The summed E-state index contributed by atoms with van der Waals surface area (Å²) in [6, 6.07) is 1.58. The van der Waals surface area contributed by atoms with Crippen molar-refractivity contribution in [2.24, 2.45) is 5.92 Å². The van der Waals surface area contributed by atoms with Gasteiger partial charge in [-0.25, -0.2) is 13.2 Å². The van der Waals surface area contributed by atoms with Gasteiger partial charge >= 0.3 is 0 Å². The zero-order valence-corrected chi connectivity index (χ0v) is 10.3. The number of rotatable bonds is 3. The minimum absolute atomic E-state index is 0.152. The lowest BCUT2D eigenvalue weighted by molar-refractivity contribution is -0.125. The maximum Gasteiger partial charge on any atom is 0.223 e. The van der Waals surface area contributed by atoms with E-state index in [2.05, 4.69) is 10.6 Å². The number of carbonyl (C=O) groups excluding carboxylic acids is 1. The molecule has 1 fully saturated rings. The second-order valence-electron chi connectivity index (χ2n) is 4.56. The molecule has 0 atom stereocenters. The van der Waals surface area contributed by atoms with Crippen LogP contribution in [0.1, 0.15) is 18.4 Å². The summed E-state index contributed by atoms with van der Waals surface area (Å²) in [7, 11) is 0. The molecule has 0 spiro atoms. The molecule has 3 nitrogen and oxygen atoms in total. The predicted octanol–water partition coefficient (Wildman–Crippen LogP) is 1.72. The molecule has 0 aliphatic carbocycles. The lowest BCUT2D eigenvalue weighted by Crippen LogP contribution is -2.38. The van der Waals surface area contributed by atoms with Crippen LogP contribution >= 0.6 is 0 Å². The van der Waals surface area contributed by atoms with Gasteiger partial charge in [-0.05, 0) is 38.1 Å². The molecule has 1 aromatic rings. The van der Waals surface area contributed by atoms with Crippen LogP contribution < -0.4 is 10.6 Å². The third-order valence-corrected chi connectivity index (χ3v) is 3.29. The van der Waals surface area contributed by atoms with E-state index in [1.54, 1.807) is 0 Å². The summed E-state index contributed by atoms with van der Waals surface area (Å²) in [4.78, 5) is 11.8. The van der Waals surface area contributed by atoms with E-state index in [0.29, 0.717) is 12.8 Å². The van der Waals surface area contributed by atoms with Crippen molar-refractivity contribution in [3.63, 3.8) is 0 Å². The zero-order chi connectivity index (χ0) is 13.8. The Labute approximate surface area is 109 Å². The molecule has 1 heterocycles. The fourth-order valence-electron chi connectivity index (χ4n) is 2.14. The second kappa shape index (κ2) is 6.06. The molecule has 1 saturated heterocycles. The van der Waals surface area contributed by atoms with Crippen LogP contribution in [0.25, 0.3) is 0 Å². The van der Waals surface area contributed by atoms with Gasteiger partial charge in [-0.3, -0.25) is 4.79 Å². The van der Waals surface area contributed by atoms with Crippen molar-refractivity contribution in [3.8, 4) is 0 Å². The number of halogens is 3. The van der Waals surface area contributed by atoms with Gasteiger partial charge in [0.1, 0.15) is 5.82 Å². The quantitative estimate of drug-likeness (QED) is 0.823. The molecule has 2 rings (SSSR count). The highest BCUT2D eigenvalue weighted by atomic mass is 19.2. The number of hydrogen-bond donors (Lipinski definition) is 2. The molecular formula is C13H15F3N2O. The summed E-state index contributed by atoms with van der Waals surface area (Å²) in [5, 5.41) is 5.58. The highest BCUT2D eigenvalue weighted by molar-refractivity contribution is 5.78. The van der Waals surface area contributed by atoms with Crippen LogP contribution in [0.4, 0.5) is 13.2 Å². The highest BCUT2D eigenvalue weighted by Gasteiger charge is 2.21. The summed E-state index contributed by atoms with van der Waals surface area (Å²) in [5.74, 6) is -3.62. The predicted molar refractivity (Wildman–Crippen MR) is 63.8 cm³/mol. The van der Waals surface area contributed by atoms with E-state index in [9.17, 15) is 18.0 Å². The molecule has 1 aromatic carbocycles. The van der Waals surface area contributed by atoms with Crippen molar-refractivity contribution < 1.29 is 18.0 Å². The molecule has 1 amide bonds. The largest absolute Gasteiger partial charge is 0.352 e. The lowest BCUT2D eigenvalue weighted by Gasteiger charge is -2.21. The second-order valence-corrected chi connectivity index (χ2v) is 4.56. The molecule has 1 aliphatic heterocycles. The number of amides is 1. The number of carbonyl (C=O) groups is 1. The van der Waals surface area contributed by atoms with Crippen LogP contribution in [0.3, 0.4) is 0 Å². The van der Waals surface area contributed by atoms with Crippen molar-refractivity contribution in [2.75, 3.05) is 13.1 Å². The van der Waals surface area contributed by atoms with E-state index in [1.165, 1.54) is 0 Å². The Balaban J connectivity index is 1.98. The molecule has 2 N–H and O–H groups in total. The van der Waals surface area contributed by atoms with Crippen LogP contribution in [0.15, 0.2) is 12.1 Å². The van der Waals surface area contributed by atoms with Gasteiger partial charge in [-0.2, -0.15) is 0 Å². The minimum Gasteiger partial charge on any atom is -0.352 e. The maximum absolute atomic E-state index is 13.4. The van der Waals surface area contributed by atoms with Crippen molar-refractivity contribution in [1.29, 1.82) is 0 Å². The number of piperidine rings is 1. The molecule has 0 aromatic heterocycles. The SMILES string of the molecule is O=C(NCc1c(F)ccc(F)c1F)C1CCNCC1. The van der Waals surface area contributed by atoms with Gasteiger partial charge in [0, 0.05) is 18.0 Å². The molecule has 6 heteroatoms. The first-order valence-electron chi connectivity index (χ1n) is 6.20. The van der Waals surface area contributed by atoms with E-state index >= 15 is 0 Å². The van der Waals surface area contributed by atoms with Crippen LogP contribution in [0.2, 0.25) is 0 Å². The average molecular weight is 272 g/mol. The van der Waals surface area contributed by atoms with Gasteiger partial charge in [0.2, 0.25) is 5.91 Å². The topological polar surface area (TPSA) is 41.1 Å². The summed E-state index contributed by atoms with van der Waals surface area (Å²) in [6.45, 7) is 1.17. The van der Waals surface area contributed by atoms with Gasteiger partial charge in [0.25, 0.3) is 0 Å². The summed E-state index contributed by atoms with van der Waals surface area (Å²) in [6.07, 6.45) is 1.39. The molecule has 1 aliphatic rings. The van der Waals surface area contributed by atoms with Crippen molar-refractivity contribution in [1.82, 2.24) is 10.6 Å². The molecule has 19 heavy (non-hydrogen) atoms. The van der Waals surface area contributed by atoms with Gasteiger partial charge in [-0.15, -0.1) is 0 Å². The first kappa shape index (κ1) is 13.9. The lowest BCUT2D eigenvalue weighted by atomic mass is 9.97. The highest BCUT2D eigenvalue weighted by Crippen LogP contribution is 2.16. The van der Waals surface area contributed by atoms with Crippen LogP contribution in [-0.4, -0.2) is 19.0 Å². The minimum atomic E-state index is -1.24. The first-order valence-corrected chi connectivity index (χ1v) is 6.20. The Bertz CT molecular complexity index is 473. The van der Waals surface area contributed by atoms with E-state index in [-0.39, 0.29) is 18.4 Å². The zero-order valence-electron chi connectivity index (χ0n) is 10.3. The number of nitrogens with one attached hydrogen (secondary N) is 2. The van der Waals surface area contributed by atoms with E-state index in [4.69, 9.17) is 0 Å². The van der Waals surface area contributed by atoms with Crippen LogP contribution in [-0.2, 0) is 11.3 Å². The molecule has 0 radical (unpaired) electrons. The monoisotopic (exact) mass is 272 g/mol. The van der Waals surface area contributed by atoms with Crippen molar-refractivity contribution in [3.05, 3.63) is 35.1 Å². The average Bonchev–Trinajstić information content (AvgIpc) is 2.44. The van der Waals surface area contributed by atoms with Gasteiger partial charge in [-0.1, -0.05) is 0 Å². The van der Waals surface area contributed by atoms with Crippen LogP contribution in [0, 0.1) is 23.4 Å². The van der Waals surface area contributed by atoms with E-state index in [1.807, 2.05) is 0 Å².